The molecule has 0 fully saturated rings. The first-order chi connectivity index (χ1) is 25.8. The maximum absolute atomic E-state index is 13.5. The van der Waals surface area contributed by atoms with Crippen molar-refractivity contribution in [2.45, 2.75) is 83.1 Å². The van der Waals surface area contributed by atoms with Crippen molar-refractivity contribution in [1.82, 2.24) is 21.3 Å². The van der Waals surface area contributed by atoms with Crippen LogP contribution in [0.3, 0.4) is 0 Å². The molecule has 5 amide bonds. The second-order valence-electron chi connectivity index (χ2n) is 12.0. The molecule has 0 aliphatic rings. The third kappa shape index (κ3) is 19.1. The first-order valence-electron chi connectivity index (χ1n) is 16.7. The molecule has 5 atom stereocenters. The molecule has 21 nitrogen and oxygen atoms in total. The van der Waals surface area contributed by atoms with Crippen molar-refractivity contribution in [1.29, 1.82) is 0 Å². The van der Waals surface area contributed by atoms with Crippen LogP contribution in [0.5, 0.6) is 0 Å². The summed E-state index contributed by atoms with van der Waals surface area (Å²) >= 11 is 0. The number of aliphatic imine (C=N–C) groups is 1. The third-order valence-electron chi connectivity index (χ3n) is 7.24. The molecule has 55 heavy (non-hydrogen) atoms. The van der Waals surface area contributed by atoms with Gasteiger partial charge >= 0.3 is 5.97 Å². The highest BCUT2D eigenvalue weighted by atomic mass is 16.6. The minimum atomic E-state index is -1.68. The summed E-state index contributed by atoms with van der Waals surface area (Å²) in [5, 5.41) is 50.5. The van der Waals surface area contributed by atoms with Gasteiger partial charge in [-0.2, -0.15) is 0 Å². The Kier molecular flexibility index (Phi) is 20.1. The van der Waals surface area contributed by atoms with Crippen molar-refractivity contribution in [3.05, 3.63) is 70.3 Å². The number of nitro benzene ring substituents is 1. The van der Waals surface area contributed by atoms with E-state index in [1.165, 1.54) is 38.1 Å². The average Bonchev–Trinajstić information content (AvgIpc) is 3.09. The topological polar surface area (TPSA) is 348 Å². The number of amides is 5. The second kappa shape index (κ2) is 23.8. The summed E-state index contributed by atoms with van der Waals surface area (Å²) in [5.74, 6) is -6.41. The highest BCUT2D eigenvalue weighted by molar-refractivity contribution is 5.99. The number of carbonyl (C=O) groups excluding carboxylic acids is 5. The standard InChI is InChI=1S/C32H43N9O10.C2H4O2/c1-18(42)27(40-29(47)24(14-15-26(44)45)38-28(46)23(36-19(2)43)9-6-16-35-32(33)34)31(49)39-25(17-20-7-4-3-5-8-20)30(48)37-21-10-12-22(13-11-21)41(50)51;1-2(3)4/h3-5,7-8,10-13,18,23-25,27,42H,6,9,14-17H2,1-2H3,(H,36,43)(H,37,48)(H,38,46)(H,39,49)(H,40,47)(H,44,45)(H4,33,34,35);1H3,(H,3,4)/t18-,23+,24+,25+,27+;/m1./s1. The van der Waals surface area contributed by atoms with E-state index in [9.17, 15) is 49.1 Å². The number of aliphatic hydroxyl groups excluding tert-OH is 1. The lowest BCUT2D eigenvalue weighted by Crippen LogP contribution is -2.60. The summed E-state index contributed by atoms with van der Waals surface area (Å²) in [4.78, 5) is 99.9. The number of guanidine groups is 1. The highest BCUT2D eigenvalue weighted by Crippen LogP contribution is 2.16. The van der Waals surface area contributed by atoms with Gasteiger partial charge in [0.25, 0.3) is 11.7 Å². The van der Waals surface area contributed by atoms with Crippen LogP contribution >= 0.6 is 0 Å². The number of hydrogen-bond donors (Lipinski definition) is 10. The number of hydrogen-bond acceptors (Lipinski definition) is 11. The predicted molar refractivity (Wildman–Crippen MR) is 197 cm³/mol. The van der Waals surface area contributed by atoms with Crippen molar-refractivity contribution in [3.8, 4) is 0 Å². The van der Waals surface area contributed by atoms with Gasteiger partial charge < -0.3 is 53.4 Å². The Morgan fingerprint density at radius 2 is 1.33 bits per heavy atom. The molecule has 0 heterocycles. The zero-order valence-corrected chi connectivity index (χ0v) is 30.4. The number of rotatable bonds is 20. The molecule has 2 aromatic carbocycles. The minimum absolute atomic E-state index is 0.0309. The molecular weight excluding hydrogens is 726 g/mol. The van der Waals surface area contributed by atoms with Gasteiger partial charge in [-0.1, -0.05) is 30.3 Å². The average molecular weight is 774 g/mol. The van der Waals surface area contributed by atoms with Gasteiger partial charge in [0.05, 0.1) is 11.0 Å². The molecule has 0 bridgehead atoms. The Morgan fingerprint density at radius 3 is 1.84 bits per heavy atom. The second-order valence-corrected chi connectivity index (χ2v) is 12.0. The molecule has 0 aliphatic carbocycles. The fraction of sp³-hybridized carbons (Fsp3) is 0.412. The van der Waals surface area contributed by atoms with E-state index in [-0.39, 0.29) is 43.1 Å². The highest BCUT2D eigenvalue weighted by Gasteiger charge is 2.33. The van der Waals surface area contributed by atoms with E-state index in [1.807, 2.05) is 0 Å². The normalized spacial score (nSPS) is 13.0. The van der Waals surface area contributed by atoms with E-state index in [0.29, 0.717) is 5.56 Å². The summed E-state index contributed by atoms with van der Waals surface area (Å²) in [6, 6.07) is 7.94. The molecule has 0 saturated carbocycles. The largest absolute Gasteiger partial charge is 0.481 e. The fourth-order valence-corrected chi connectivity index (χ4v) is 4.70. The van der Waals surface area contributed by atoms with Gasteiger partial charge in [-0.25, -0.2) is 0 Å². The van der Waals surface area contributed by atoms with Crippen LogP contribution in [0.4, 0.5) is 11.4 Å². The van der Waals surface area contributed by atoms with E-state index in [2.05, 4.69) is 31.6 Å². The number of nitrogens with one attached hydrogen (secondary N) is 5. The van der Waals surface area contributed by atoms with E-state index in [1.54, 1.807) is 30.3 Å². The van der Waals surface area contributed by atoms with Crippen LogP contribution in [0, 0.1) is 10.1 Å². The molecule has 0 aromatic heterocycles. The van der Waals surface area contributed by atoms with Crippen LogP contribution in [0.2, 0.25) is 0 Å². The summed E-state index contributed by atoms with van der Waals surface area (Å²) in [6.07, 6.45) is -2.25. The molecule has 0 saturated heterocycles. The maximum atomic E-state index is 13.5. The molecular formula is C34H47N9O12. The molecule has 300 valence electrons. The third-order valence-corrected chi connectivity index (χ3v) is 7.24. The molecule has 12 N–H and O–H groups in total. The van der Waals surface area contributed by atoms with E-state index < -0.39 is 89.5 Å². The summed E-state index contributed by atoms with van der Waals surface area (Å²) in [7, 11) is 0. The number of anilines is 1. The molecule has 0 radical (unpaired) electrons. The van der Waals surface area contributed by atoms with Gasteiger partial charge in [0.1, 0.15) is 24.2 Å². The van der Waals surface area contributed by atoms with Crippen molar-refractivity contribution in [3.63, 3.8) is 0 Å². The SMILES string of the molecule is CC(=O)N[C@@H](CCCN=C(N)N)C(=O)N[C@@H](CCC(=O)O)C(=O)N[C@H](C(=O)N[C@@H](Cc1ccccc1)C(=O)Nc1ccc([N+](=O)[O-])cc1)[C@@H](C)O.CC(=O)O. The Morgan fingerprint density at radius 1 is 0.782 bits per heavy atom. The van der Waals surface area contributed by atoms with Crippen LogP contribution in [0.1, 0.15) is 52.0 Å². The number of carbonyl (C=O) groups is 7. The van der Waals surface area contributed by atoms with E-state index >= 15 is 0 Å². The Hall–Kier alpha value is -6.64. The number of benzene rings is 2. The lowest BCUT2D eigenvalue weighted by atomic mass is 10.0. The number of aliphatic hydroxyl groups is 1. The van der Waals surface area contributed by atoms with Crippen LogP contribution in [0.15, 0.2) is 59.6 Å². The zero-order chi connectivity index (χ0) is 41.7. The van der Waals surface area contributed by atoms with Gasteiger partial charge in [-0.3, -0.25) is 48.7 Å². The number of non-ortho nitro benzene ring substituents is 1. The number of nitrogens with two attached hydrogens (primary N) is 2. The first kappa shape index (κ1) is 46.4. The number of nitro groups is 1. The Labute approximate surface area is 315 Å². The van der Waals surface area contributed by atoms with Crippen molar-refractivity contribution in [2.75, 3.05) is 11.9 Å². The van der Waals surface area contributed by atoms with Gasteiger partial charge in [-0.15, -0.1) is 0 Å². The van der Waals surface area contributed by atoms with Gasteiger partial charge in [0.2, 0.25) is 29.5 Å². The summed E-state index contributed by atoms with van der Waals surface area (Å²) < 4.78 is 0. The zero-order valence-electron chi connectivity index (χ0n) is 30.4. The summed E-state index contributed by atoms with van der Waals surface area (Å²) in [6.45, 7) is 3.59. The number of nitrogens with zero attached hydrogens (tertiary/aromatic N) is 2. The molecule has 2 aromatic rings. The quantitative estimate of drug-likeness (QED) is 0.0257. The number of carboxylic acid groups (broad SMARTS) is 2. The minimum Gasteiger partial charge on any atom is -0.481 e. The number of aliphatic carboxylic acids is 2. The van der Waals surface area contributed by atoms with Gasteiger partial charge in [-0.05, 0) is 43.9 Å². The summed E-state index contributed by atoms with van der Waals surface area (Å²) in [5.41, 5.74) is 11.3. The lowest BCUT2D eigenvalue weighted by Gasteiger charge is -2.27. The molecule has 0 unspecified atom stereocenters. The van der Waals surface area contributed by atoms with Gasteiger partial charge in [0, 0.05) is 51.1 Å². The van der Waals surface area contributed by atoms with Crippen LogP contribution in [-0.4, -0.2) is 104 Å². The monoisotopic (exact) mass is 773 g/mol. The van der Waals surface area contributed by atoms with Crippen molar-refractivity contribution >= 4 is 58.8 Å². The van der Waals surface area contributed by atoms with E-state index in [4.69, 9.17) is 21.4 Å². The molecule has 2 rings (SSSR count). The van der Waals surface area contributed by atoms with Crippen molar-refractivity contribution < 1.29 is 53.8 Å². The Balaban J connectivity index is 0.00000359. The van der Waals surface area contributed by atoms with Crippen molar-refractivity contribution in [2.24, 2.45) is 16.5 Å². The molecule has 21 heteroatoms. The van der Waals surface area contributed by atoms with Crippen LogP contribution in [0.25, 0.3) is 0 Å². The maximum Gasteiger partial charge on any atom is 0.303 e. The van der Waals surface area contributed by atoms with E-state index in [0.717, 1.165) is 6.92 Å². The van der Waals surface area contributed by atoms with Gasteiger partial charge in [0.15, 0.2) is 5.96 Å². The van der Waals surface area contributed by atoms with Crippen LogP contribution < -0.4 is 38.1 Å². The van der Waals surface area contributed by atoms with Crippen LogP contribution in [-0.2, 0) is 40.0 Å². The first-order valence-corrected chi connectivity index (χ1v) is 16.7. The molecule has 0 spiro atoms. The lowest BCUT2D eigenvalue weighted by molar-refractivity contribution is -0.384. The number of carboxylic acids is 2. The fourth-order valence-electron chi connectivity index (χ4n) is 4.70. The Bertz CT molecular complexity index is 1660. The smallest absolute Gasteiger partial charge is 0.303 e. The molecule has 0 aliphatic heterocycles. The predicted octanol–water partition coefficient (Wildman–Crippen LogP) is -0.875.